The van der Waals surface area contributed by atoms with Gasteiger partial charge in [0.15, 0.2) is 4.96 Å². The first kappa shape index (κ1) is 15.0. The summed E-state index contributed by atoms with van der Waals surface area (Å²) in [5, 5.41) is 0. The zero-order chi connectivity index (χ0) is 15.5. The van der Waals surface area contributed by atoms with Crippen molar-refractivity contribution in [3.05, 3.63) is 40.3 Å². The largest absolute Gasteiger partial charge is 0.494 e. The number of aromatic nitrogens is 2. The van der Waals surface area contributed by atoms with Crippen molar-refractivity contribution >= 4 is 26.5 Å². The predicted octanol–water partition coefficient (Wildman–Crippen LogP) is 4.04. The second-order valence-electron chi connectivity index (χ2n) is 5.33. The van der Waals surface area contributed by atoms with E-state index in [0.717, 1.165) is 39.5 Å². The molecule has 2 aromatic heterocycles. The molecule has 0 N–H and O–H groups in total. The number of benzene rings is 1. The number of aryl methyl sites for hydroxylation is 1. The maximum absolute atomic E-state index is 11.8. The fourth-order valence-electron chi connectivity index (χ4n) is 2.69. The van der Waals surface area contributed by atoms with E-state index >= 15 is 0 Å². The molecule has 0 radical (unpaired) electrons. The van der Waals surface area contributed by atoms with E-state index in [-0.39, 0.29) is 5.56 Å². The third-order valence-corrected chi connectivity index (χ3v) is 4.72. The van der Waals surface area contributed by atoms with Gasteiger partial charge in [-0.2, -0.15) is 4.98 Å². The molecule has 0 fully saturated rings. The van der Waals surface area contributed by atoms with Gasteiger partial charge in [0.05, 0.1) is 16.8 Å². The van der Waals surface area contributed by atoms with Crippen molar-refractivity contribution in [3.8, 4) is 5.75 Å². The van der Waals surface area contributed by atoms with Gasteiger partial charge in [0.2, 0.25) is 0 Å². The van der Waals surface area contributed by atoms with Crippen molar-refractivity contribution in [1.29, 1.82) is 0 Å². The SMILES string of the molecule is CCCCCc1cc(=O)nc2sc3ccc(OCC)cc3n12. The van der Waals surface area contributed by atoms with E-state index in [1.54, 1.807) is 17.4 Å². The molecule has 22 heavy (non-hydrogen) atoms. The Morgan fingerprint density at radius 2 is 2.09 bits per heavy atom. The van der Waals surface area contributed by atoms with Gasteiger partial charge in [0.25, 0.3) is 5.56 Å². The Hall–Kier alpha value is -1.88. The van der Waals surface area contributed by atoms with Gasteiger partial charge in [-0.3, -0.25) is 9.20 Å². The normalized spacial score (nSPS) is 11.4. The number of fused-ring (bicyclic) bond motifs is 3. The van der Waals surface area contributed by atoms with Crippen molar-refractivity contribution in [3.63, 3.8) is 0 Å². The number of nitrogens with zero attached hydrogens (tertiary/aromatic N) is 2. The first-order valence-corrected chi connectivity index (χ1v) is 8.62. The molecule has 4 nitrogen and oxygen atoms in total. The van der Waals surface area contributed by atoms with Crippen molar-refractivity contribution in [2.45, 2.75) is 39.5 Å². The fourth-order valence-corrected chi connectivity index (χ4v) is 3.72. The number of hydrogen-bond donors (Lipinski definition) is 0. The number of thiazole rings is 1. The molecule has 5 heteroatoms. The van der Waals surface area contributed by atoms with Crippen LogP contribution in [0.2, 0.25) is 0 Å². The van der Waals surface area contributed by atoms with E-state index < -0.39 is 0 Å². The van der Waals surface area contributed by atoms with Crippen LogP contribution in [0.4, 0.5) is 0 Å². The molecule has 1 aromatic carbocycles. The molecule has 0 saturated heterocycles. The first-order valence-electron chi connectivity index (χ1n) is 7.81. The van der Waals surface area contributed by atoms with Crippen LogP contribution in [0.15, 0.2) is 29.1 Å². The summed E-state index contributed by atoms with van der Waals surface area (Å²) < 4.78 is 8.84. The van der Waals surface area contributed by atoms with Crippen molar-refractivity contribution in [2.24, 2.45) is 0 Å². The Morgan fingerprint density at radius 1 is 1.23 bits per heavy atom. The van der Waals surface area contributed by atoms with Crippen LogP contribution in [0.1, 0.15) is 38.8 Å². The zero-order valence-corrected chi connectivity index (χ0v) is 13.8. The molecule has 0 atom stereocenters. The Balaban J connectivity index is 2.17. The lowest BCUT2D eigenvalue weighted by atomic mass is 10.1. The number of ether oxygens (including phenoxy) is 1. The van der Waals surface area contributed by atoms with Crippen LogP contribution in [0.3, 0.4) is 0 Å². The summed E-state index contributed by atoms with van der Waals surface area (Å²) in [5.74, 6) is 0.855. The van der Waals surface area contributed by atoms with Crippen molar-refractivity contribution < 1.29 is 4.74 Å². The summed E-state index contributed by atoms with van der Waals surface area (Å²) in [5.41, 5.74) is 1.97. The molecular weight excluding hydrogens is 296 g/mol. The van der Waals surface area contributed by atoms with Gasteiger partial charge in [-0.1, -0.05) is 31.1 Å². The van der Waals surface area contributed by atoms with E-state index in [1.807, 2.05) is 25.1 Å². The molecule has 3 rings (SSSR count). The molecule has 0 amide bonds. The van der Waals surface area contributed by atoms with Crippen LogP contribution in [0.25, 0.3) is 15.2 Å². The summed E-state index contributed by atoms with van der Waals surface area (Å²) >= 11 is 1.55. The Kier molecular flexibility index (Phi) is 4.43. The lowest BCUT2D eigenvalue weighted by Gasteiger charge is -2.07. The van der Waals surface area contributed by atoms with Gasteiger partial charge < -0.3 is 4.74 Å². The number of rotatable bonds is 6. The quantitative estimate of drug-likeness (QED) is 0.645. The molecule has 0 aliphatic rings. The molecule has 3 aromatic rings. The molecule has 0 bridgehead atoms. The van der Waals surface area contributed by atoms with Gasteiger partial charge in [0.1, 0.15) is 5.75 Å². The minimum atomic E-state index is -0.150. The molecule has 0 spiro atoms. The third-order valence-electron chi connectivity index (χ3n) is 3.69. The monoisotopic (exact) mass is 316 g/mol. The second-order valence-corrected chi connectivity index (χ2v) is 6.33. The third kappa shape index (κ3) is 2.86. The van der Waals surface area contributed by atoms with Gasteiger partial charge >= 0.3 is 0 Å². The van der Waals surface area contributed by atoms with Crippen LogP contribution in [0, 0.1) is 0 Å². The average Bonchev–Trinajstić information content (AvgIpc) is 2.85. The highest BCUT2D eigenvalue weighted by molar-refractivity contribution is 7.23. The molecule has 0 aliphatic carbocycles. The van der Waals surface area contributed by atoms with Gasteiger partial charge in [-0.15, -0.1) is 0 Å². The van der Waals surface area contributed by atoms with Crippen LogP contribution in [-0.2, 0) is 6.42 Å². The van der Waals surface area contributed by atoms with Crippen LogP contribution < -0.4 is 10.3 Å². The Labute approximate surface area is 133 Å². The maximum Gasteiger partial charge on any atom is 0.274 e. The lowest BCUT2D eigenvalue weighted by molar-refractivity contribution is 0.340. The van der Waals surface area contributed by atoms with Crippen molar-refractivity contribution in [1.82, 2.24) is 9.38 Å². The fraction of sp³-hybridized carbons (Fsp3) is 0.412. The first-order chi connectivity index (χ1) is 10.7. The van der Waals surface area contributed by atoms with Crippen LogP contribution in [-0.4, -0.2) is 16.0 Å². The number of unbranched alkanes of at least 4 members (excludes halogenated alkanes) is 2. The van der Waals surface area contributed by atoms with E-state index in [9.17, 15) is 4.79 Å². The maximum atomic E-state index is 11.8. The molecule has 0 unspecified atom stereocenters. The van der Waals surface area contributed by atoms with E-state index in [2.05, 4.69) is 16.3 Å². The molecule has 2 heterocycles. The van der Waals surface area contributed by atoms with Gasteiger partial charge in [0, 0.05) is 17.8 Å². The average molecular weight is 316 g/mol. The van der Waals surface area contributed by atoms with E-state index in [4.69, 9.17) is 4.74 Å². The minimum absolute atomic E-state index is 0.150. The summed E-state index contributed by atoms with van der Waals surface area (Å²) in [7, 11) is 0. The molecular formula is C17H20N2O2S. The topological polar surface area (TPSA) is 43.6 Å². The van der Waals surface area contributed by atoms with E-state index in [1.165, 1.54) is 12.8 Å². The van der Waals surface area contributed by atoms with Gasteiger partial charge in [-0.05, 0) is 31.9 Å². The summed E-state index contributed by atoms with van der Waals surface area (Å²) in [6.07, 6.45) is 4.33. The van der Waals surface area contributed by atoms with Crippen LogP contribution in [0.5, 0.6) is 5.75 Å². The molecule has 0 aliphatic heterocycles. The second kappa shape index (κ2) is 6.48. The van der Waals surface area contributed by atoms with E-state index in [0.29, 0.717) is 6.61 Å². The Bertz CT molecular complexity index is 851. The van der Waals surface area contributed by atoms with Crippen LogP contribution >= 0.6 is 11.3 Å². The highest BCUT2D eigenvalue weighted by Gasteiger charge is 2.11. The highest BCUT2D eigenvalue weighted by Crippen LogP contribution is 2.29. The minimum Gasteiger partial charge on any atom is -0.494 e. The smallest absolute Gasteiger partial charge is 0.274 e. The summed E-state index contributed by atoms with van der Waals surface area (Å²) in [6, 6.07) is 7.72. The molecule has 116 valence electrons. The summed E-state index contributed by atoms with van der Waals surface area (Å²) in [6.45, 7) is 4.80. The number of hydrogen-bond acceptors (Lipinski definition) is 4. The summed E-state index contributed by atoms with van der Waals surface area (Å²) in [4.78, 5) is 16.8. The van der Waals surface area contributed by atoms with Gasteiger partial charge in [-0.25, -0.2) is 0 Å². The molecule has 0 saturated carbocycles. The highest BCUT2D eigenvalue weighted by atomic mass is 32.1. The standard InChI is InChI=1S/C17H20N2O2S/c1-3-5-6-7-12-10-16(20)18-17-19(12)14-11-13(21-4-2)8-9-15(14)22-17/h8-11H,3-7H2,1-2H3. The Morgan fingerprint density at radius 3 is 2.86 bits per heavy atom. The zero-order valence-electron chi connectivity index (χ0n) is 13.0. The lowest BCUT2D eigenvalue weighted by Crippen LogP contribution is -2.10. The van der Waals surface area contributed by atoms with Crippen molar-refractivity contribution in [2.75, 3.05) is 6.61 Å². The predicted molar refractivity (Wildman–Crippen MR) is 91.2 cm³/mol.